The van der Waals surface area contributed by atoms with Crippen LogP contribution < -0.4 is 0 Å². The summed E-state index contributed by atoms with van der Waals surface area (Å²) in [7, 11) is 0. The van der Waals surface area contributed by atoms with E-state index in [0.717, 1.165) is 5.57 Å². The molecule has 11 heavy (non-hydrogen) atoms. The second kappa shape index (κ2) is 2.31. The molecule has 58 valence electrons. The van der Waals surface area contributed by atoms with Crippen molar-refractivity contribution in [2.75, 3.05) is 0 Å². The second-order valence-electron chi connectivity index (χ2n) is 3.05. The van der Waals surface area contributed by atoms with Gasteiger partial charge in [0.2, 0.25) is 0 Å². The van der Waals surface area contributed by atoms with Gasteiger partial charge in [-0.05, 0) is 12.0 Å². The number of carbonyl (C=O) groups excluding carboxylic acids is 1. The smallest absolute Gasteiger partial charge is 0.144 e. The van der Waals surface area contributed by atoms with Gasteiger partial charge in [-0.25, -0.2) is 0 Å². The molecule has 0 spiro atoms. The minimum absolute atomic E-state index is 0.0984. The Hall–Kier alpha value is -0.890. The molecule has 0 radical (unpaired) electrons. The number of ketones is 1. The van der Waals surface area contributed by atoms with E-state index in [1.165, 1.54) is 0 Å². The Balaban J connectivity index is 2.29. The van der Waals surface area contributed by atoms with E-state index in [1.807, 2.05) is 18.2 Å². The average Bonchev–Trinajstić information content (AvgIpc) is 2.45. The van der Waals surface area contributed by atoms with Crippen molar-refractivity contribution in [3.8, 4) is 0 Å². The summed E-state index contributed by atoms with van der Waals surface area (Å²) in [5.41, 5.74) is 0.890. The summed E-state index contributed by atoms with van der Waals surface area (Å²) >= 11 is 0. The third-order valence-electron chi connectivity index (χ3n) is 2.35. The minimum atomic E-state index is -0.382. The van der Waals surface area contributed by atoms with E-state index in [1.54, 1.807) is 0 Å². The van der Waals surface area contributed by atoms with Crippen LogP contribution in [0.4, 0.5) is 0 Å². The van der Waals surface area contributed by atoms with Crippen LogP contribution in [0.2, 0.25) is 0 Å². The molecule has 0 amide bonds. The number of hydrogen-bond donors (Lipinski definition) is 1. The first-order valence-electron chi connectivity index (χ1n) is 3.88. The van der Waals surface area contributed by atoms with Crippen molar-refractivity contribution in [1.82, 2.24) is 0 Å². The van der Waals surface area contributed by atoms with Crippen molar-refractivity contribution < 1.29 is 9.90 Å². The van der Waals surface area contributed by atoms with Crippen molar-refractivity contribution in [2.45, 2.75) is 18.9 Å². The van der Waals surface area contributed by atoms with Crippen molar-refractivity contribution in [3.05, 3.63) is 23.8 Å². The van der Waals surface area contributed by atoms with E-state index in [4.69, 9.17) is 0 Å². The maximum absolute atomic E-state index is 11.2. The molecule has 1 fully saturated rings. The highest BCUT2D eigenvalue weighted by molar-refractivity contribution is 5.88. The van der Waals surface area contributed by atoms with Gasteiger partial charge >= 0.3 is 0 Å². The van der Waals surface area contributed by atoms with Crippen LogP contribution in [0, 0.1) is 5.92 Å². The lowest BCUT2D eigenvalue weighted by molar-refractivity contribution is -0.122. The summed E-state index contributed by atoms with van der Waals surface area (Å²) in [6, 6.07) is 0. The number of carbonyl (C=O) groups is 1. The van der Waals surface area contributed by atoms with Crippen LogP contribution in [0.3, 0.4) is 0 Å². The normalized spacial score (nSPS) is 35.4. The van der Waals surface area contributed by atoms with Crippen LogP contribution in [0.25, 0.3) is 0 Å². The van der Waals surface area contributed by atoms with E-state index in [9.17, 15) is 9.90 Å². The molecular weight excluding hydrogens is 140 g/mol. The lowest BCUT2D eigenvalue weighted by Gasteiger charge is -2.23. The number of aliphatic hydroxyl groups is 1. The monoisotopic (exact) mass is 150 g/mol. The summed E-state index contributed by atoms with van der Waals surface area (Å²) in [4.78, 5) is 11.2. The van der Waals surface area contributed by atoms with Crippen LogP contribution >= 0.6 is 0 Å². The SMILES string of the molecule is O=C1CCC(O)C2=CC=CC12. The zero-order valence-electron chi connectivity index (χ0n) is 6.16. The summed E-state index contributed by atoms with van der Waals surface area (Å²) in [5.74, 6) is 0.147. The molecule has 0 bridgehead atoms. The molecule has 1 saturated carbocycles. The van der Waals surface area contributed by atoms with Gasteiger partial charge in [-0.2, -0.15) is 0 Å². The number of rotatable bonds is 0. The van der Waals surface area contributed by atoms with Crippen LogP contribution in [0.15, 0.2) is 23.8 Å². The lowest BCUT2D eigenvalue weighted by Crippen LogP contribution is -2.28. The van der Waals surface area contributed by atoms with E-state index >= 15 is 0 Å². The predicted molar refractivity (Wildman–Crippen MR) is 41.0 cm³/mol. The number of fused-ring (bicyclic) bond motifs is 1. The maximum atomic E-state index is 11.2. The van der Waals surface area contributed by atoms with E-state index in [-0.39, 0.29) is 17.8 Å². The van der Waals surface area contributed by atoms with Gasteiger partial charge in [0.15, 0.2) is 0 Å². The Kier molecular flexibility index (Phi) is 1.43. The first kappa shape index (κ1) is 6.80. The highest BCUT2D eigenvalue weighted by Gasteiger charge is 2.31. The quantitative estimate of drug-likeness (QED) is 0.555. The first-order chi connectivity index (χ1) is 5.29. The van der Waals surface area contributed by atoms with Crippen LogP contribution in [0.5, 0.6) is 0 Å². The number of hydrogen-bond acceptors (Lipinski definition) is 2. The third-order valence-corrected chi connectivity index (χ3v) is 2.35. The average molecular weight is 150 g/mol. The zero-order chi connectivity index (χ0) is 7.84. The molecule has 2 aliphatic carbocycles. The largest absolute Gasteiger partial charge is 0.389 e. The maximum Gasteiger partial charge on any atom is 0.144 e. The molecule has 2 aliphatic rings. The molecule has 0 aromatic rings. The molecule has 2 atom stereocenters. The summed E-state index contributed by atoms with van der Waals surface area (Å²) in [6.07, 6.45) is 6.31. The molecular formula is C9H10O2. The highest BCUT2D eigenvalue weighted by Crippen LogP contribution is 2.31. The Morgan fingerprint density at radius 2 is 2.36 bits per heavy atom. The predicted octanol–water partition coefficient (Wildman–Crippen LogP) is 0.823. The highest BCUT2D eigenvalue weighted by atomic mass is 16.3. The van der Waals surface area contributed by atoms with E-state index < -0.39 is 0 Å². The third kappa shape index (κ3) is 0.942. The second-order valence-corrected chi connectivity index (χ2v) is 3.05. The van der Waals surface area contributed by atoms with Crippen LogP contribution in [0.1, 0.15) is 12.8 Å². The molecule has 2 heteroatoms. The fourth-order valence-corrected chi connectivity index (χ4v) is 1.71. The van der Waals surface area contributed by atoms with Gasteiger partial charge in [0.1, 0.15) is 5.78 Å². The van der Waals surface area contributed by atoms with E-state index in [0.29, 0.717) is 12.8 Å². The van der Waals surface area contributed by atoms with Gasteiger partial charge in [0, 0.05) is 6.42 Å². The lowest BCUT2D eigenvalue weighted by atomic mass is 9.83. The molecule has 0 aromatic heterocycles. The van der Waals surface area contributed by atoms with Crippen molar-refractivity contribution in [2.24, 2.45) is 5.92 Å². The molecule has 0 saturated heterocycles. The fraction of sp³-hybridized carbons (Fsp3) is 0.444. The van der Waals surface area contributed by atoms with Crippen molar-refractivity contribution in [1.29, 1.82) is 0 Å². The Labute approximate surface area is 65.2 Å². The van der Waals surface area contributed by atoms with Gasteiger partial charge in [0.25, 0.3) is 0 Å². The fourth-order valence-electron chi connectivity index (χ4n) is 1.71. The van der Waals surface area contributed by atoms with Gasteiger partial charge in [-0.3, -0.25) is 4.79 Å². The molecule has 2 rings (SSSR count). The Morgan fingerprint density at radius 1 is 1.55 bits per heavy atom. The topological polar surface area (TPSA) is 37.3 Å². The number of allylic oxidation sites excluding steroid dienone is 3. The first-order valence-corrected chi connectivity index (χ1v) is 3.88. The van der Waals surface area contributed by atoms with Gasteiger partial charge in [-0.15, -0.1) is 0 Å². The molecule has 2 nitrogen and oxygen atoms in total. The Morgan fingerprint density at radius 3 is 3.09 bits per heavy atom. The number of Topliss-reactive ketones (excluding diaryl/α,β-unsaturated/α-hetero) is 1. The molecule has 0 heterocycles. The molecule has 1 N–H and O–H groups in total. The van der Waals surface area contributed by atoms with Gasteiger partial charge in [0.05, 0.1) is 12.0 Å². The van der Waals surface area contributed by atoms with Gasteiger partial charge in [-0.1, -0.05) is 18.2 Å². The molecule has 0 aromatic carbocycles. The molecule has 0 aliphatic heterocycles. The van der Waals surface area contributed by atoms with Crippen LogP contribution in [-0.4, -0.2) is 17.0 Å². The van der Waals surface area contributed by atoms with Gasteiger partial charge < -0.3 is 5.11 Å². The van der Waals surface area contributed by atoms with Crippen molar-refractivity contribution >= 4 is 5.78 Å². The van der Waals surface area contributed by atoms with Crippen LogP contribution in [-0.2, 0) is 4.79 Å². The Bertz CT molecular complexity index is 250. The summed E-state index contributed by atoms with van der Waals surface area (Å²) in [5, 5.41) is 9.44. The summed E-state index contributed by atoms with van der Waals surface area (Å²) < 4.78 is 0. The van der Waals surface area contributed by atoms with Crippen molar-refractivity contribution in [3.63, 3.8) is 0 Å². The molecule has 2 unspecified atom stereocenters. The minimum Gasteiger partial charge on any atom is -0.389 e. The standard InChI is InChI=1S/C9H10O2/c10-8-4-5-9(11)7-3-1-2-6(7)8/h1-3,6,9,11H,4-5H2. The van der Waals surface area contributed by atoms with E-state index in [2.05, 4.69) is 0 Å². The zero-order valence-corrected chi connectivity index (χ0v) is 6.16. The number of aliphatic hydroxyl groups excluding tert-OH is 1. The summed E-state index contributed by atoms with van der Waals surface area (Å²) in [6.45, 7) is 0.